The van der Waals surface area contributed by atoms with Gasteiger partial charge in [-0.25, -0.2) is 4.39 Å². The van der Waals surface area contributed by atoms with E-state index in [1.807, 2.05) is 0 Å². The third-order valence-corrected chi connectivity index (χ3v) is 3.13. The van der Waals surface area contributed by atoms with Gasteiger partial charge in [-0.1, -0.05) is 6.07 Å². The molecule has 0 radical (unpaired) electrons. The Morgan fingerprint density at radius 1 is 1.33 bits per heavy atom. The van der Waals surface area contributed by atoms with Crippen LogP contribution in [-0.4, -0.2) is 10.5 Å². The molecule has 3 N–H and O–H groups in total. The van der Waals surface area contributed by atoms with Crippen LogP contribution in [0.2, 0.25) is 0 Å². The van der Waals surface area contributed by atoms with Crippen LogP contribution in [0.3, 0.4) is 0 Å². The van der Waals surface area contributed by atoms with Crippen molar-refractivity contribution in [3.8, 4) is 0 Å². The Labute approximate surface area is 121 Å². The van der Waals surface area contributed by atoms with E-state index in [-0.39, 0.29) is 22.5 Å². The predicted molar refractivity (Wildman–Crippen MR) is 79.3 cm³/mol. The summed E-state index contributed by atoms with van der Waals surface area (Å²) in [5.41, 5.74) is 6.30. The van der Waals surface area contributed by atoms with Crippen molar-refractivity contribution in [3.63, 3.8) is 0 Å². The van der Waals surface area contributed by atoms with Gasteiger partial charge >= 0.3 is 0 Å². The lowest BCUT2D eigenvalue weighted by Gasteiger charge is -2.13. The maximum Gasteiger partial charge on any atom is 0.252 e. The van der Waals surface area contributed by atoms with Gasteiger partial charge in [-0.2, -0.15) is 0 Å². The van der Waals surface area contributed by atoms with Crippen molar-refractivity contribution in [2.75, 3.05) is 5.32 Å². The Kier molecular flexibility index (Phi) is 4.07. The molecule has 110 valence electrons. The van der Waals surface area contributed by atoms with Crippen LogP contribution in [0.5, 0.6) is 0 Å². The summed E-state index contributed by atoms with van der Waals surface area (Å²) in [5, 5.41) is 2.75. The molecule has 0 bridgehead atoms. The molecular weight excluding hydrogens is 273 g/mol. The highest BCUT2D eigenvalue weighted by atomic mass is 19.1. The Hall–Kier alpha value is -2.63. The van der Waals surface area contributed by atoms with E-state index in [4.69, 9.17) is 5.73 Å². The number of carbonyl (C=O) groups excluding carboxylic acids is 1. The van der Waals surface area contributed by atoms with Crippen LogP contribution >= 0.6 is 0 Å². The number of pyridine rings is 1. The second-order valence-corrected chi connectivity index (χ2v) is 4.70. The largest absolute Gasteiger partial charge is 0.365 e. The van der Waals surface area contributed by atoms with Crippen LogP contribution in [0.15, 0.2) is 35.3 Å². The first-order chi connectivity index (χ1) is 9.92. The van der Waals surface area contributed by atoms with Gasteiger partial charge in [0.25, 0.3) is 11.5 Å². The molecule has 0 saturated carbocycles. The van der Waals surface area contributed by atoms with Crippen molar-refractivity contribution in [3.05, 3.63) is 57.8 Å². The van der Waals surface area contributed by atoms with Crippen LogP contribution in [0, 0.1) is 12.7 Å². The quantitative estimate of drug-likeness (QED) is 0.905. The minimum atomic E-state index is -0.688. The number of carbonyl (C=O) groups is 1. The van der Waals surface area contributed by atoms with Crippen molar-refractivity contribution >= 4 is 17.3 Å². The van der Waals surface area contributed by atoms with Gasteiger partial charge in [0.1, 0.15) is 5.82 Å². The average Bonchev–Trinajstić information content (AvgIpc) is 2.41. The van der Waals surface area contributed by atoms with Gasteiger partial charge in [0, 0.05) is 18.8 Å². The highest BCUT2D eigenvalue weighted by Gasteiger charge is 2.13. The number of hydrogen-bond donors (Lipinski definition) is 2. The van der Waals surface area contributed by atoms with Gasteiger partial charge in [-0.3, -0.25) is 9.59 Å². The molecule has 0 unspecified atom stereocenters. The number of anilines is 2. The molecule has 0 fully saturated rings. The van der Waals surface area contributed by atoms with E-state index >= 15 is 0 Å². The number of nitrogens with zero attached hydrogens (tertiary/aromatic N) is 1. The van der Waals surface area contributed by atoms with E-state index in [0.29, 0.717) is 6.54 Å². The predicted octanol–water partition coefficient (Wildman–Crippen LogP) is 2.16. The minimum Gasteiger partial charge on any atom is -0.365 e. The molecule has 1 amide bonds. The fourth-order valence-electron chi connectivity index (χ4n) is 1.99. The molecule has 5 nitrogen and oxygen atoms in total. The summed E-state index contributed by atoms with van der Waals surface area (Å²) >= 11 is 0. The molecule has 0 atom stereocenters. The lowest BCUT2D eigenvalue weighted by molar-refractivity contribution is 0.100. The monoisotopic (exact) mass is 289 g/mol. The zero-order chi connectivity index (χ0) is 15.6. The van der Waals surface area contributed by atoms with Gasteiger partial charge in [-0.05, 0) is 31.5 Å². The number of halogens is 1. The van der Waals surface area contributed by atoms with Gasteiger partial charge in [0.2, 0.25) is 0 Å². The highest BCUT2D eigenvalue weighted by molar-refractivity contribution is 5.98. The molecular formula is C15H16FN3O2. The van der Waals surface area contributed by atoms with Crippen LogP contribution in [0.25, 0.3) is 0 Å². The molecule has 2 aromatic rings. The first-order valence-corrected chi connectivity index (χ1v) is 6.50. The zero-order valence-corrected chi connectivity index (χ0v) is 11.8. The molecule has 1 aromatic heterocycles. The van der Waals surface area contributed by atoms with E-state index in [0.717, 1.165) is 5.56 Å². The van der Waals surface area contributed by atoms with Crippen LogP contribution in [-0.2, 0) is 6.54 Å². The Bertz CT molecular complexity index is 753. The number of nitrogens with one attached hydrogen (secondary N) is 1. The number of aromatic nitrogens is 1. The van der Waals surface area contributed by atoms with Gasteiger partial charge < -0.3 is 15.6 Å². The van der Waals surface area contributed by atoms with Gasteiger partial charge in [0.05, 0.1) is 16.9 Å². The summed E-state index contributed by atoms with van der Waals surface area (Å²) in [7, 11) is 0. The number of primary amides is 1. The van der Waals surface area contributed by atoms with Gasteiger partial charge in [-0.15, -0.1) is 0 Å². The van der Waals surface area contributed by atoms with Crippen molar-refractivity contribution in [1.29, 1.82) is 0 Å². The fraction of sp³-hybridized carbons (Fsp3) is 0.200. The first kappa shape index (κ1) is 14.8. The Morgan fingerprint density at radius 2 is 2.05 bits per heavy atom. The van der Waals surface area contributed by atoms with E-state index in [2.05, 4.69) is 5.32 Å². The third-order valence-electron chi connectivity index (χ3n) is 3.13. The van der Waals surface area contributed by atoms with E-state index in [1.165, 1.54) is 22.9 Å². The maximum absolute atomic E-state index is 13.9. The molecule has 0 aliphatic heterocycles. The van der Waals surface area contributed by atoms with Crippen LogP contribution in [0.4, 0.5) is 15.8 Å². The normalized spacial score (nSPS) is 10.4. The summed E-state index contributed by atoms with van der Waals surface area (Å²) in [6.45, 7) is 3.96. The highest BCUT2D eigenvalue weighted by Crippen LogP contribution is 2.22. The SMILES string of the molecule is CCn1cc(C(N)=O)c(Nc2ccc(C)cc2F)cc1=O. The summed E-state index contributed by atoms with van der Waals surface area (Å²) in [5.74, 6) is -1.16. The van der Waals surface area contributed by atoms with Crippen molar-refractivity contribution in [2.24, 2.45) is 5.73 Å². The molecule has 6 heteroatoms. The Morgan fingerprint density at radius 3 is 2.62 bits per heavy atom. The lowest BCUT2D eigenvalue weighted by Crippen LogP contribution is -2.23. The molecule has 0 aliphatic carbocycles. The van der Waals surface area contributed by atoms with Gasteiger partial charge in [0.15, 0.2) is 0 Å². The first-order valence-electron chi connectivity index (χ1n) is 6.50. The number of rotatable bonds is 4. The second-order valence-electron chi connectivity index (χ2n) is 4.70. The number of aryl methyl sites for hydroxylation is 2. The molecule has 0 spiro atoms. The minimum absolute atomic E-state index is 0.136. The van der Waals surface area contributed by atoms with Crippen molar-refractivity contribution < 1.29 is 9.18 Å². The Balaban J connectivity index is 2.50. The van der Waals surface area contributed by atoms with Crippen molar-refractivity contribution in [2.45, 2.75) is 20.4 Å². The topological polar surface area (TPSA) is 77.1 Å². The number of hydrogen-bond acceptors (Lipinski definition) is 3. The number of amides is 1. The lowest BCUT2D eigenvalue weighted by atomic mass is 10.2. The molecule has 1 heterocycles. The number of nitrogens with two attached hydrogens (primary N) is 1. The van der Waals surface area contributed by atoms with Crippen LogP contribution in [0.1, 0.15) is 22.8 Å². The second kappa shape index (κ2) is 5.78. The summed E-state index contributed by atoms with van der Waals surface area (Å²) in [4.78, 5) is 23.4. The fourth-order valence-corrected chi connectivity index (χ4v) is 1.99. The maximum atomic E-state index is 13.9. The average molecular weight is 289 g/mol. The molecule has 2 rings (SSSR count). The smallest absolute Gasteiger partial charge is 0.252 e. The summed E-state index contributed by atoms with van der Waals surface area (Å²) < 4.78 is 15.2. The molecule has 0 aliphatic rings. The van der Waals surface area contributed by atoms with Crippen molar-refractivity contribution in [1.82, 2.24) is 4.57 Å². The molecule has 0 saturated heterocycles. The van der Waals surface area contributed by atoms with E-state index in [9.17, 15) is 14.0 Å². The zero-order valence-electron chi connectivity index (χ0n) is 11.8. The molecule has 1 aromatic carbocycles. The van der Waals surface area contributed by atoms with E-state index in [1.54, 1.807) is 26.0 Å². The number of benzene rings is 1. The standard InChI is InChI=1S/C15H16FN3O2/c1-3-19-8-10(15(17)21)13(7-14(19)20)18-12-5-4-9(2)6-11(12)16/h4-8,18H,3H2,1-2H3,(H2,17,21). The van der Waals surface area contributed by atoms with E-state index < -0.39 is 11.7 Å². The summed E-state index contributed by atoms with van der Waals surface area (Å²) in [6, 6.07) is 5.87. The summed E-state index contributed by atoms with van der Waals surface area (Å²) in [6.07, 6.45) is 1.37. The third kappa shape index (κ3) is 3.10. The molecule has 21 heavy (non-hydrogen) atoms. The van der Waals surface area contributed by atoms with Crippen LogP contribution < -0.4 is 16.6 Å².